The summed E-state index contributed by atoms with van der Waals surface area (Å²) in [7, 11) is 0. The largest absolute Gasteiger partial charge is 0.477 e. The van der Waals surface area contributed by atoms with Gasteiger partial charge in [-0.25, -0.2) is 4.98 Å². The van der Waals surface area contributed by atoms with Crippen molar-refractivity contribution < 1.29 is 9.53 Å². The van der Waals surface area contributed by atoms with Crippen molar-refractivity contribution in [3.8, 4) is 5.88 Å². The molecule has 1 aromatic carbocycles. The van der Waals surface area contributed by atoms with Gasteiger partial charge in [-0.1, -0.05) is 24.3 Å². The van der Waals surface area contributed by atoms with Crippen LogP contribution in [0, 0.1) is 12.8 Å². The zero-order valence-corrected chi connectivity index (χ0v) is 15.9. The number of para-hydroxylation sites is 1. The molecule has 2 aliphatic rings. The van der Waals surface area contributed by atoms with Crippen molar-refractivity contribution >= 4 is 16.8 Å². The minimum atomic E-state index is 0.104. The molecule has 5 nitrogen and oxygen atoms in total. The maximum atomic E-state index is 13.4. The number of carbonyl (C=O) groups excluding carboxylic acids is 1. The molecule has 5 heteroatoms. The Morgan fingerprint density at radius 2 is 2.04 bits per heavy atom. The Morgan fingerprint density at radius 3 is 2.89 bits per heavy atom. The number of pyridine rings is 2. The Bertz CT molecular complexity index is 1010. The molecular weight excluding hydrogens is 350 g/mol. The second kappa shape index (κ2) is 6.89. The fourth-order valence-corrected chi connectivity index (χ4v) is 4.76. The molecule has 2 aliphatic heterocycles. The first-order chi connectivity index (χ1) is 13.7. The average molecular weight is 373 g/mol. The third-order valence-corrected chi connectivity index (χ3v) is 6.09. The molecule has 142 valence electrons. The minimum Gasteiger partial charge on any atom is -0.477 e. The molecule has 1 amide bonds. The van der Waals surface area contributed by atoms with Crippen LogP contribution in [-0.4, -0.2) is 39.5 Å². The number of amides is 1. The Morgan fingerprint density at radius 1 is 1.14 bits per heavy atom. The number of nitrogens with zero attached hydrogens (tertiary/aromatic N) is 3. The van der Waals surface area contributed by atoms with Gasteiger partial charge in [0, 0.05) is 41.8 Å². The van der Waals surface area contributed by atoms with Crippen molar-refractivity contribution in [1.82, 2.24) is 14.9 Å². The zero-order chi connectivity index (χ0) is 19.1. The number of ether oxygens (including phenoxy) is 1. The molecular formula is C23H23N3O2. The lowest BCUT2D eigenvalue weighted by molar-refractivity contribution is 0.0711. The van der Waals surface area contributed by atoms with E-state index in [0.717, 1.165) is 35.7 Å². The molecule has 3 aromatic rings. The highest BCUT2D eigenvalue weighted by Crippen LogP contribution is 2.43. The normalized spacial score (nSPS) is 23.3. The summed E-state index contributed by atoms with van der Waals surface area (Å²) in [5, 5.41) is 1.00. The van der Waals surface area contributed by atoms with Gasteiger partial charge in [0.15, 0.2) is 0 Å². The predicted octanol–water partition coefficient (Wildman–Crippen LogP) is 4.01. The zero-order valence-electron chi connectivity index (χ0n) is 15.9. The maximum absolute atomic E-state index is 13.4. The van der Waals surface area contributed by atoms with Crippen LogP contribution < -0.4 is 4.74 Å². The fraction of sp³-hybridized carbons (Fsp3) is 0.348. The molecule has 2 aromatic heterocycles. The summed E-state index contributed by atoms with van der Waals surface area (Å²) in [6.45, 7) is 2.62. The van der Waals surface area contributed by atoms with Gasteiger partial charge < -0.3 is 9.64 Å². The van der Waals surface area contributed by atoms with Crippen LogP contribution in [0.15, 0.2) is 54.9 Å². The molecule has 0 saturated carbocycles. The van der Waals surface area contributed by atoms with Crippen LogP contribution in [0.5, 0.6) is 5.88 Å². The topological polar surface area (TPSA) is 55.3 Å². The number of aromatic nitrogens is 2. The van der Waals surface area contributed by atoms with Gasteiger partial charge in [-0.2, -0.15) is 0 Å². The van der Waals surface area contributed by atoms with Crippen LogP contribution in [0.3, 0.4) is 0 Å². The highest BCUT2D eigenvalue weighted by molar-refractivity contribution is 6.05. The quantitative estimate of drug-likeness (QED) is 0.693. The Kier molecular flexibility index (Phi) is 4.23. The summed E-state index contributed by atoms with van der Waals surface area (Å²) in [4.78, 5) is 24.3. The third-order valence-electron chi connectivity index (χ3n) is 6.09. The molecule has 0 radical (unpaired) electrons. The first-order valence-corrected chi connectivity index (χ1v) is 9.92. The van der Waals surface area contributed by atoms with Gasteiger partial charge in [0.25, 0.3) is 5.91 Å². The smallest absolute Gasteiger partial charge is 0.256 e. The Labute approximate surface area is 164 Å². The summed E-state index contributed by atoms with van der Waals surface area (Å²) in [6, 6.07) is 14.2. The number of benzene rings is 1. The van der Waals surface area contributed by atoms with Crippen LogP contribution in [0.2, 0.25) is 0 Å². The summed E-state index contributed by atoms with van der Waals surface area (Å²) >= 11 is 0. The van der Waals surface area contributed by atoms with E-state index in [1.807, 2.05) is 55.6 Å². The van der Waals surface area contributed by atoms with Crippen molar-refractivity contribution in [2.24, 2.45) is 5.92 Å². The summed E-state index contributed by atoms with van der Waals surface area (Å²) in [5.74, 6) is 1.12. The van der Waals surface area contributed by atoms with Crippen molar-refractivity contribution in [2.45, 2.75) is 38.3 Å². The maximum Gasteiger partial charge on any atom is 0.256 e. The predicted molar refractivity (Wildman–Crippen MR) is 107 cm³/mol. The van der Waals surface area contributed by atoms with Crippen molar-refractivity contribution in [2.75, 3.05) is 6.61 Å². The van der Waals surface area contributed by atoms with Crippen LogP contribution in [0.1, 0.15) is 35.2 Å². The number of fused-ring (bicyclic) bond motifs is 3. The van der Waals surface area contributed by atoms with Crippen LogP contribution in [0.25, 0.3) is 10.9 Å². The lowest BCUT2D eigenvalue weighted by Crippen LogP contribution is -2.37. The lowest BCUT2D eigenvalue weighted by atomic mass is 9.90. The molecule has 4 heterocycles. The average Bonchev–Trinajstić information content (AvgIpc) is 3.30. The molecule has 28 heavy (non-hydrogen) atoms. The van der Waals surface area contributed by atoms with E-state index in [9.17, 15) is 4.79 Å². The van der Waals surface area contributed by atoms with Gasteiger partial charge in [-0.05, 0) is 43.9 Å². The summed E-state index contributed by atoms with van der Waals surface area (Å²) in [6.07, 6.45) is 6.70. The van der Waals surface area contributed by atoms with E-state index in [2.05, 4.69) is 14.9 Å². The molecule has 2 bridgehead atoms. The van der Waals surface area contributed by atoms with Crippen LogP contribution in [-0.2, 0) is 0 Å². The van der Waals surface area contributed by atoms with E-state index in [1.165, 1.54) is 0 Å². The summed E-state index contributed by atoms with van der Waals surface area (Å²) in [5.41, 5.74) is 2.61. The van der Waals surface area contributed by atoms with E-state index >= 15 is 0 Å². The number of rotatable bonds is 4. The first kappa shape index (κ1) is 17.2. The molecule has 3 unspecified atom stereocenters. The van der Waals surface area contributed by atoms with Gasteiger partial charge in [0.05, 0.1) is 17.7 Å². The third kappa shape index (κ3) is 2.91. The highest BCUT2D eigenvalue weighted by atomic mass is 16.5. The molecule has 0 spiro atoms. The molecule has 3 atom stereocenters. The number of aryl methyl sites for hydroxylation is 1. The monoisotopic (exact) mass is 373 g/mol. The Hall–Kier alpha value is -2.95. The number of carbonyl (C=O) groups is 1. The molecule has 2 saturated heterocycles. The van der Waals surface area contributed by atoms with E-state index in [1.54, 1.807) is 6.20 Å². The minimum absolute atomic E-state index is 0.104. The molecule has 5 rings (SSSR count). The van der Waals surface area contributed by atoms with Gasteiger partial charge >= 0.3 is 0 Å². The standard InChI is InChI=1S/C23H23N3O2/c1-15-7-10-21(25-13-15)28-14-17-12-18-8-9-20(17)26(18)23(27)19-6-2-4-16-5-3-11-24-22(16)19/h2-7,10-11,13,17-18,20H,8-9,12,14H2,1H3. The van der Waals surface area contributed by atoms with Crippen molar-refractivity contribution in [3.63, 3.8) is 0 Å². The van der Waals surface area contributed by atoms with Crippen molar-refractivity contribution in [3.05, 3.63) is 66.0 Å². The van der Waals surface area contributed by atoms with Crippen LogP contribution in [0.4, 0.5) is 0 Å². The molecule has 0 N–H and O–H groups in total. The van der Waals surface area contributed by atoms with E-state index in [-0.39, 0.29) is 11.9 Å². The van der Waals surface area contributed by atoms with Gasteiger partial charge in [-0.15, -0.1) is 0 Å². The number of hydrogen-bond donors (Lipinski definition) is 0. The van der Waals surface area contributed by atoms with E-state index in [4.69, 9.17) is 4.74 Å². The lowest BCUT2D eigenvalue weighted by Gasteiger charge is -2.25. The van der Waals surface area contributed by atoms with E-state index in [0.29, 0.717) is 30.0 Å². The highest BCUT2D eigenvalue weighted by Gasteiger charge is 2.49. The Balaban J connectivity index is 1.35. The fourth-order valence-electron chi connectivity index (χ4n) is 4.76. The van der Waals surface area contributed by atoms with E-state index < -0.39 is 0 Å². The van der Waals surface area contributed by atoms with Gasteiger partial charge in [-0.3, -0.25) is 9.78 Å². The summed E-state index contributed by atoms with van der Waals surface area (Å²) < 4.78 is 5.94. The van der Waals surface area contributed by atoms with Gasteiger partial charge in [0.1, 0.15) is 0 Å². The van der Waals surface area contributed by atoms with Gasteiger partial charge in [0.2, 0.25) is 5.88 Å². The van der Waals surface area contributed by atoms with Crippen LogP contribution >= 0.6 is 0 Å². The van der Waals surface area contributed by atoms with Crippen molar-refractivity contribution in [1.29, 1.82) is 0 Å². The molecule has 2 fully saturated rings. The SMILES string of the molecule is Cc1ccc(OCC2CC3CCC2N3C(=O)c2cccc3cccnc23)nc1. The first-order valence-electron chi connectivity index (χ1n) is 9.92. The number of hydrogen-bond acceptors (Lipinski definition) is 4. The second-order valence-corrected chi connectivity index (χ2v) is 7.87. The second-order valence-electron chi connectivity index (χ2n) is 7.87. The molecule has 0 aliphatic carbocycles.